The lowest BCUT2D eigenvalue weighted by Gasteiger charge is -1.99. The molecule has 0 amide bonds. The second kappa shape index (κ2) is 5.31. The molecule has 0 radical (unpaired) electrons. The minimum Gasteiger partial charge on any atom is -0.190 e. The van der Waals surface area contributed by atoms with Gasteiger partial charge in [-0.05, 0) is 25.7 Å². The van der Waals surface area contributed by atoms with E-state index in [2.05, 4.69) is 12.2 Å². The fourth-order valence-electron chi connectivity index (χ4n) is 2.09. The van der Waals surface area contributed by atoms with Crippen LogP contribution in [0.2, 0.25) is 0 Å². The predicted octanol–water partition coefficient (Wildman–Crippen LogP) is 3.25. The van der Waals surface area contributed by atoms with E-state index in [4.69, 9.17) is 0 Å². The Labute approximate surface area is 90.6 Å². The minimum absolute atomic E-state index is 0. The van der Waals surface area contributed by atoms with Crippen LogP contribution in [0.5, 0.6) is 0 Å². The highest BCUT2D eigenvalue weighted by Gasteiger charge is 2.12. The van der Waals surface area contributed by atoms with E-state index in [1.807, 2.05) is 7.40 Å². The topological polar surface area (TPSA) is 0 Å². The third-order valence-corrected chi connectivity index (χ3v) is 4.92. The van der Waals surface area contributed by atoms with E-state index in [0.29, 0.717) is 0 Å². The molecule has 12 heavy (non-hydrogen) atoms. The molecule has 0 N–H and O–H groups in total. The van der Waals surface area contributed by atoms with Crippen molar-refractivity contribution in [3.63, 3.8) is 0 Å². The minimum atomic E-state index is 0. The maximum Gasteiger partial charge on any atom is 0.436 e. The highest BCUT2D eigenvalue weighted by atomic mass is 35.5. The van der Waals surface area contributed by atoms with E-state index in [1.165, 1.54) is 38.5 Å². The highest BCUT2D eigenvalue weighted by Crippen LogP contribution is 2.23. The molecule has 0 nitrogen and oxygen atoms in total. The van der Waals surface area contributed by atoms with Gasteiger partial charge in [0, 0.05) is 0 Å². The molecule has 0 saturated carbocycles. The Kier molecular flexibility index (Phi) is 4.69. The first kappa shape index (κ1) is 10.6. The summed E-state index contributed by atoms with van der Waals surface area (Å²) in [6, 6.07) is 0. The molecule has 0 aromatic carbocycles. The number of hydrogen-bond donors (Lipinski definition) is 0. The largest absolute Gasteiger partial charge is 0.436 e. The molecule has 2 heteroatoms. The second-order valence-corrected chi connectivity index (χ2v) is 5.86. The normalized spacial score (nSPS) is 21.0. The van der Waals surface area contributed by atoms with Crippen LogP contribution in [0.3, 0.4) is 0 Å². The van der Waals surface area contributed by atoms with Gasteiger partial charge in [-0.15, -0.1) is 24.6 Å². The Hall–Kier alpha value is 0.536. The molecule has 0 aliphatic heterocycles. The lowest BCUT2D eigenvalue weighted by molar-refractivity contribution is 0.916. The summed E-state index contributed by atoms with van der Waals surface area (Å²) in [5, 5.41) is 0. The smallest absolute Gasteiger partial charge is 0.190 e. The molecule has 64 valence electrons. The fourth-order valence-corrected chi connectivity index (χ4v) is 4.22. The molecular formula is C10H15ClMg. The van der Waals surface area contributed by atoms with Gasteiger partial charge in [-0.3, -0.25) is 0 Å². The van der Waals surface area contributed by atoms with E-state index in [0.717, 1.165) is 0 Å². The zero-order chi connectivity index (χ0) is 7.52. The summed E-state index contributed by atoms with van der Waals surface area (Å²) in [6.07, 6.45) is 13.5. The Morgan fingerprint density at radius 1 is 0.917 bits per heavy atom. The van der Waals surface area contributed by atoms with Crippen molar-refractivity contribution in [3.8, 4) is 0 Å². The Morgan fingerprint density at radius 2 is 1.42 bits per heavy atom. The van der Waals surface area contributed by atoms with Gasteiger partial charge in [0.2, 0.25) is 0 Å². The van der Waals surface area contributed by atoms with Gasteiger partial charge in [-0.25, -0.2) is 0 Å². The fraction of sp³-hybridized carbons (Fsp3) is 0.600. The molecule has 2 rings (SSSR count). The second-order valence-electron chi connectivity index (χ2n) is 3.69. The Morgan fingerprint density at radius 3 is 1.75 bits per heavy atom. The molecule has 2 aliphatic carbocycles. The van der Waals surface area contributed by atoms with Crippen molar-refractivity contribution in [3.05, 3.63) is 19.6 Å². The molecule has 0 aromatic heterocycles. The SMILES string of the molecule is C1=[C]([Mg][C]2=CCCC2)CCC1.Cl. The first-order chi connectivity index (χ1) is 5.45. The predicted molar refractivity (Wildman–Crippen MR) is 56.9 cm³/mol. The summed E-state index contributed by atoms with van der Waals surface area (Å²) in [6.45, 7) is 0. The third kappa shape index (κ3) is 2.79. The van der Waals surface area contributed by atoms with Crippen LogP contribution in [0.4, 0.5) is 0 Å². The van der Waals surface area contributed by atoms with Crippen LogP contribution in [0.15, 0.2) is 19.6 Å². The van der Waals surface area contributed by atoms with E-state index >= 15 is 0 Å². The lowest BCUT2D eigenvalue weighted by Crippen LogP contribution is -1.96. The van der Waals surface area contributed by atoms with E-state index in [1.54, 1.807) is 0 Å². The summed E-state index contributed by atoms with van der Waals surface area (Å²) in [4.78, 5) is 0. The van der Waals surface area contributed by atoms with E-state index in [-0.39, 0.29) is 32.8 Å². The van der Waals surface area contributed by atoms with Crippen LogP contribution < -0.4 is 0 Å². The van der Waals surface area contributed by atoms with E-state index in [9.17, 15) is 0 Å². The first-order valence-electron chi connectivity index (χ1n) is 4.81. The van der Waals surface area contributed by atoms with Crippen LogP contribution in [0.1, 0.15) is 38.5 Å². The Bertz CT molecular complexity index is 184. The van der Waals surface area contributed by atoms with Gasteiger partial charge in [0.1, 0.15) is 0 Å². The maximum absolute atomic E-state index is 2.51. The number of allylic oxidation sites excluding steroid dienone is 4. The monoisotopic (exact) mass is 194 g/mol. The van der Waals surface area contributed by atoms with Crippen molar-refractivity contribution in [2.45, 2.75) is 38.5 Å². The van der Waals surface area contributed by atoms with Gasteiger partial charge in [0.15, 0.2) is 0 Å². The molecule has 0 atom stereocenters. The number of halogens is 1. The van der Waals surface area contributed by atoms with E-state index < -0.39 is 0 Å². The summed E-state index contributed by atoms with van der Waals surface area (Å²) >= 11 is 0.0864. The molecule has 0 heterocycles. The summed E-state index contributed by atoms with van der Waals surface area (Å²) in [5.41, 5.74) is 0. The standard InChI is InChI=1S/2C5H7.ClH.Mg/c2*1-2-4-5-3-1;;/h2*1H,2,4-5H2;1H;. The van der Waals surface area contributed by atoms with Crippen molar-refractivity contribution >= 4 is 32.8 Å². The van der Waals surface area contributed by atoms with Crippen molar-refractivity contribution in [1.82, 2.24) is 0 Å². The highest BCUT2D eigenvalue weighted by molar-refractivity contribution is 6.54. The van der Waals surface area contributed by atoms with Crippen LogP contribution in [0, 0.1) is 0 Å². The summed E-state index contributed by atoms with van der Waals surface area (Å²) < 4.78 is 3.69. The van der Waals surface area contributed by atoms with Gasteiger partial charge in [0.05, 0.1) is 0 Å². The van der Waals surface area contributed by atoms with Crippen molar-refractivity contribution in [2.75, 3.05) is 0 Å². The molecule has 0 saturated heterocycles. The van der Waals surface area contributed by atoms with Crippen molar-refractivity contribution < 1.29 is 0 Å². The van der Waals surface area contributed by atoms with Crippen LogP contribution in [-0.2, 0) is 0 Å². The zero-order valence-corrected chi connectivity index (χ0v) is 9.74. The van der Waals surface area contributed by atoms with Crippen LogP contribution >= 0.6 is 12.4 Å². The molecule has 0 spiro atoms. The van der Waals surface area contributed by atoms with Gasteiger partial charge in [0.25, 0.3) is 0 Å². The van der Waals surface area contributed by atoms with Crippen molar-refractivity contribution in [1.29, 1.82) is 0 Å². The molecule has 0 bridgehead atoms. The van der Waals surface area contributed by atoms with Gasteiger partial charge in [-0.1, -0.05) is 12.8 Å². The quantitative estimate of drug-likeness (QED) is 0.593. The zero-order valence-electron chi connectivity index (χ0n) is 7.51. The number of rotatable bonds is 2. The first-order valence-corrected chi connectivity index (χ1v) is 6.22. The van der Waals surface area contributed by atoms with Crippen LogP contribution in [0.25, 0.3) is 0 Å². The third-order valence-electron chi connectivity index (χ3n) is 2.72. The number of hydrogen-bond acceptors (Lipinski definition) is 0. The summed E-state index contributed by atoms with van der Waals surface area (Å²) in [5.74, 6) is 0. The average Bonchev–Trinajstić information content (AvgIpc) is 2.60. The molecule has 0 unspecified atom stereocenters. The van der Waals surface area contributed by atoms with Crippen molar-refractivity contribution in [2.24, 2.45) is 0 Å². The maximum atomic E-state index is 2.51. The molecule has 2 aliphatic rings. The van der Waals surface area contributed by atoms with Gasteiger partial charge < -0.3 is 0 Å². The average molecular weight is 195 g/mol. The Balaban J connectivity index is 0.000000720. The molecule has 0 aromatic rings. The van der Waals surface area contributed by atoms with Crippen LogP contribution in [-0.4, -0.2) is 20.4 Å². The lowest BCUT2D eigenvalue weighted by atomic mass is 10.4. The molecular weight excluding hydrogens is 180 g/mol. The van der Waals surface area contributed by atoms with Gasteiger partial charge >= 0.3 is 20.4 Å². The van der Waals surface area contributed by atoms with Gasteiger partial charge in [-0.2, -0.15) is 7.40 Å². The summed E-state index contributed by atoms with van der Waals surface area (Å²) in [7, 11) is 0. The molecule has 0 fully saturated rings.